The van der Waals surface area contributed by atoms with Crippen molar-refractivity contribution in [1.29, 1.82) is 0 Å². The molecule has 1 aromatic heterocycles. The van der Waals surface area contributed by atoms with E-state index in [-0.39, 0.29) is 23.0 Å². The molecule has 0 radical (unpaired) electrons. The summed E-state index contributed by atoms with van der Waals surface area (Å²) < 4.78 is 0. The van der Waals surface area contributed by atoms with E-state index in [1.54, 1.807) is 0 Å². The SMILES string of the molecule is O=C(NC1(CO)CCCCC1)c1cc([N+](=O)[O-])cnc1Cl. The Hall–Kier alpha value is -1.73. The van der Waals surface area contributed by atoms with Crippen LogP contribution in [0.1, 0.15) is 42.5 Å². The number of nitrogens with zero attached hydrogens (tertiary/aromatic N) is 2. The summed E-state index contributed by atoms with van der Waals surface area (Å²) in [7, 11) is 0. The van der Waals surface area contributed by atoms with Crippen molar-refractivity contribution in [2.45, 2.75) is 37.6 Å². The van der Waals surface area contributed by atoms with Crippen LogP contribution in [0.3, 0.4) is 0 Å². The third-order valence-electron chi connectivity index (χ3n) is 3.77. The lowest BCUT2D eigenvalue weighted by Crippen LogP contribution is -2.52. The van der Waals surface area contributed by atoms with Crippen LogP contribution in [0, 0.1) is 10.1 Å². The van der Waals surface area contributed by atoms with Crippen molar-refractivity contribution >= 4 is 23.2 Å². The van der Waals surface area contributed by atoms with Crippen LogP contribution in [-0.2, 0) is 0 Å². The van der Waals surface area contributed by atoms with E-state index in [2.05, 4.69) is 10.3 Å². The first kappa shape index (κ1) is 15.7. The zero-order valence-electron chi connectivity index (χ0n) is 11.3. The highest BCUT2D eigenvalue weighted by Crippen LogP contribution is 2.29. The Morgan fingerprint density at radius 1 is 1.48 bits per heavy atom. The van der Waals surface area contributed by atoms with Gasteiger partial charge in [-0.15, -0.1) is 0 Å². The van der Waals surface area contributed by atoms with Gasteiger partial charge in [0.05, 0.1) is 22.6 Å². The van der Waals surface area contributed by atoms with Gasteiger partial charge in [-0.1, -0.05) is 30.9 Å². The number of pyridine rings is 1. The third-order valence-corrected chi connectivity index (χ3v) is 4.07. The summed E-state index contributed by atoms with van der Waals surface area (Å²) in [5, 5.41) is 23.0. The van der Waals surface area contributed by atoms with Crippen LogP contribution in [0.4, 0.5) is 5.69 Å². The van der Waals surface area contributed by atoms with E-state index in [1.165, 1.54) is 0 Å². The standard InChI is InChI=1S/C13H16ClN3O4/c14-11-10(6-9(7-15-11)17(20)21)12(19)16-13(8-18)4-2-1-3-5-13/h6-7,18H,1-5,8H2,(H,16,19). The molecule has 7 nitrogen and oxygen atoms in total. The minimum absolute atomic E-state index is 0.0516. The fourth-order valence-electron chi connectivity index (χ4n) is 2.56. The molecule has 0 aliphatic heterocycles. The van der Waals surface area contributed by atoms with Crippen LogP contribution in [-0.4, -0.2) is 33.1 Å². The van der Waals surface area contributed by atoms with Gasteiger partial charge in [0.1, 0.15) is 11.3 Å². The molecule has 114 valence electrons. The number of halogens is 1. The van der Waals surface area contributed by atoms with E-state index in [4.69, 9.17) is 11.6 Å². The molecule has 0 saturated heterocycles. The first-order valence-corrected chi connectivity index (χ1v) is 7.08. The van der Waals surface area contributed by atoms with Gasteiger partial charge in [-0.3, -0.25) is 14.9 Å². The van der Waals surface area contributed by atoms with Crippen LogP contribution < -0.4 is 5.32 Å². The quantitative estimate of drug-likeness (QED) is 0.503. The van der Waals surface area contributed by atoms with E-state index in [1.807, 2.05) is 0 Å². The Morgan fingerprint density at radius 3 is 2.71 bits per heavy atom. The van der Waals surface area contributed by atoms with Crippen LogP contribution in [0.15, 0.2) is 12.3 Å². The van der Waals surface area contributed by atoms with Crippen molar-refractivity contribution in [2.75, 3.05) is 6.61 Å². The molecule has 0 spiro atoms. The Morgan fingerprint density at radius 2 is 2.14 bits per heavy atom. The molecule has 2 rings (SSSR count). The minimum atomic E-state index is -0.677. The molecule has 2 N–H and O–H groups in total. The summed E-state index contributed by atoms with van der Waals surface area (Å²) in [6.07, 6.45) is 5.26. The van der Waals surface area contributed by atoms with Crippen LogP contribution in [0.5, 0.6) is 0 Å². The van der Waals surface area contributed by atoms with E-state index >= 15 is 0 Å². The molecule has 8 heteroatoms. The second-order valence-electron chi connectivity index (χ2n) is 5.24. The van der Waals surface area contributed by atoms with Crippen molar-refractivity contribution in [3.63, 3.8) is 0 Å². The minimum Gasteiger partial charge on any atom is -0.394 e. The summed E-state index contributed by atoms with van der Waals surface area (Å²) in [6, 6.07) is 1.10. The van der Waals surface area contributed by atoms with Crippen LogP contribution >= 0.6 is 11.6 Å². The summed E-state index contributed by atoms with van der Waals surface area (Å²) in [5.41, 5.74) is -1.03. The molecular weight excluding hydrogens is 298 g/mol. The lowest BCUT2D eigenvalue weighted by molar-refractivity contribution is -0.385. The average Bonchev–Trinajstić information content (AvgIpc) is 2.48. The predicted octanol–water partition coefficient (Wildman–Crippen LogP) is 2.07. The number of hydrogen-bond donors (Lipinski definition) is 2. The van der Waals surface area contributed by atoms with Gasteiger partial charge in [0.2, 0.25) is 0 Å². The number of hydrogen-bond acceptors (Lipinski definition) is 5. The number of nitro groups is 1. The van der Waals surface area contributed by atoms with Gasteiger partial charge >= 0.3 is 0 Å². The number of carbonyl (C=O) groups excluding carboxylic acids is 1. The maximum absolute atomic E-state index is 12.3. The Bertz CT molecular complexity index is 558. The van der Waals surface area contributed by atoms with Crippen LogP contribution in [0.25, 0.3) is 0 Å². The first-order valence-electron chi connectivity index (χ1n) is 6.71. The van der Waals surface area contributed by atoms with Crippen LogP contribution in [0.2, 0.25) is 5.15 Å². The topological polar surface area (TPSA) is 105 Å². The van der Waals surface area contributed by atoms with Gasteiger partial charge in [-0.05, 0) is 12.8 Å². The number of aliphatic hydroxyl groups excluding tert-OH is 1. The number of aliphatic hydroxyl groups is 1. The molecule has 0 bridgehead atoms. The molecule has 0 unspecified atom stereocenters. The van der Waals surface area contributed by atoms with Crippen molar-refractivity contribution < 1.29 is 14.8 Å². The summed E-state index contributed by atoms with van der Waals surface area (Å²) in [5.74, 6) is -0.549. The van der Waals surface area contributed by atoms with E-state index in [9.17, 15) is 20.0 Å². The molecule has 1 amide bonds. The van der Waals surface area contributed by atoms with E-state index < -0.39 is 16.4 Å². The molecule has 1 aliphatic carbocycles. The molecule has 1 saturated carbocycles. The van der Waals surface area contributed by atoms with Crippen molar-refractivity contribution in [3.05, 3.63) is 33.1 Å². The molecule has 1 heterocycles. The Kier molecular flexibility index (Phi) is 4.74. The van der Waals surface area contributed by atoms with Crippen molar-refractivity contribution in [3.8, 4) is 0 Å². The monoisotopic (exact) mass is 313 g/mol. The molecule has 0 atom stereocenters. The fraction of sp³-hybridized carbons (Fsp3) is 0.538. The van der Waals surface area contributed by atoms with Gasteiger partial charge in [-0.25, -0.2) is 4.98 Å². The zero-order valence-corrected chi connectivity index (χ0v) is 12.1. The van der Waals surface area contributed by atoms with Gasteiger partial charge in [0.25, 0.3) is 11.6 Å². The number of amides is 1. The maximum atomic E-state index is 12.3. The van der Waals surface area contributed by atoms with E-state index in [0.29, 0.717) is 12.8 Å². The fourth-order valence-corrected chi connectivity index (χ4v) is 2.74. The summed E-state index contributed by atoms with van der Waals surface area (Å²) >= 11 is 5.85. The number of nitrogens with one attached hydrogen (secondary N) is 1. The predicted molar refractivity (Wildman–Crippen MR) is 76.3 cm³/mol. The van der Waals surface area contributed by atoms with Gasteiger partial charge in [-0.2, -0.15) is 0 Å². The first-order chi connectivity index (χ1) is 9.97. The summed E-state index contributed by atoms with van der Waals surface area (Å²) in [6.45, 7) is -0.168. The lowest BCUT2D eigenvalue weighted by Gasteiger charge is -2.36. The van der Waals surface area contributed by atoms with Crippen molar-refractivity contribution in [2.24, 2.45) is 0 Å². The Labute approximate surface area is 126 Å². The lowest BCUT2D eigenvalue weighted by atomic mass is 9.82. The highest BCUT2D eigenvalue weighted by molar-refractivity contribution is 6.32. The summed E-state index contributed by atoms with van der Waals surface area (Å²) in [4.78, 5) is 26.1. The second kappa shape index (κ2) is 6.36. The highest BCUT2D eigenvalue weighted by Gasteiger charge is 2.34. The van der Waals surface area contributed by atoms with Gasteiger partial charge in [0, 0.05) is 6.07 Å². The Balaban J connectivity index is 2.23. The number of aromatic nitrogens is 1. The van der Waals surface area contributed by atoms with Crippen molar-refractivity contribution in [1.82, 2.24) is 10.3 Å². The molecule has 0 aromatic carbocycles. The zero-order chi connectivity index (χ0) is 15.5. The third kappa shape index (κ3) is 3.48. The highest BCUT2D eigenvalue weighted by atomic mass is 35.5. The number of carbonyl (C=O) groups is 1. The average molecular weight is 314 g/mol. The smallest absolute Gasteiger partial charge is 0.288 e. The maximum Gasteiger partial charge on any atom is 0.288 e. The second-order valence-corrected chi connectivity index (χ2v) is 5.60. The molecule has 1 fully saturated rings. The molecular formula is C13H16ClN3O4. The van der Waals surface area contributed by atoms with Gasteiger partial charge < -0.3 is 10.4 Å². The molecule has 21 heavy (non-hydrogen) atoms. The number of rotatable bonds is 4. The van der Waals surface area contributed by atoms with Gasteiger partial charge in [0.15, 0.2) is 0 Å². The van der Waals surface area contributed by atoms with E-state index in [0.717, 1.165) is 31.5 Å². The molecule has 1 aliphatic rings. The normalized spacial score (nSPS) is 17.2. The largest absolute Gasteiger partial charge is 0.394 e. The molecule has 1 aromatic rings.